The zero-order valence-electron chi connectivity index (χ0n) is 8.96. The molecule has 0 radical (unpaired) electrons. The van der Waals surface area contributed by atoms with E-state index in [0.717, 1.165) is 25.7 Å². The van der Waals surface area contributed by atoms with Crippen LogP contribution in [-0.2, 0) is 7.05 Å². The normalized spacial score (nSPS) is 19.4. The number of Topliss-reactive ketones (excluding diaryl/α,β-unsaturated/α-hetero) is 1. The second kappa shape index (κ2) is 3.70. The smallest absolute Gasteiger partial charge is 0.189 e. The molecule has 5 heteroatoms. The maximum atomic E-state index is 12.3. The largest absolute Gasteiger partial charge is 0.292 e. The lowest BCUT2D eigenvalue weighted by molar-refractivity contribution is 0.0812. The van der Waals surface area contributed by atoms with Gasteiger partial charge < -0.3 is 0 Å². The first-order chi connectivity index (χ1) is 7.04. The van der Waals surface area contributed by atoms with Crippen LogP contribution in [0.2, 0.25) is 0 Å². The molecule has 0 aromatic carbocycles. The van der Waals surface area contributed by atoms with Gasteiger partial charge in [-0.2, -0.15) is 0 Å². The number of aryl methyl sites for hydroxylation is 1. The molecule has 4 nitrogen and oxygen atoms in total. The Morgan fingerprint density at radius 2 is 2.07 bits per heavy atom. The van der Waals surface area contributed by atoms with Crippen molar-refractivity contribution in [2.75, 3.05) is 0 Å². The van der Waals surface area contributed by atoms with Crippen molar-refractivity contribution in [1.29, 1.82) is 0 Å². The summed E-state index contributed by atoms with van der Waals surface area (Å²) in [5, 5.41) is 7.69. The van der Waals surface area contributed by atoms with Crippen molar-refractivity contribution >= 4 is 21.7 Å². The van der Waals surface area contributed by atoms with E-state index >= 15 is 0 Å². The van der Waals surface area contributed by atoms with Crippen LogP contribution in [0.5, 0.6) is 0 Å². The highest BCUT2D eigenvalue weighted by molar-refractivity contribution is 9.10. The fourth-order valence-electron chi connectivity index (χ4n) is 2.24. The Hall–Kier alpha value is -0.710. The fourth-order valence-corrected chi connectivity index (χ4v) is 2.75. The van der Waals surface area contributed by atoms with Crippen LogP contribution in [0.15, 0.2) is 4.60 Å². The van der Waals surface area contributed by atoms with Crippen LogP contribution in [0.1, 0.15) is 43.1 Å². The van der Waals surface area contributed by atoms with Crippen molar-refractivity contribution in [2.24, 2.45) is 12.5 Å². The zero-order valence-corrected chi connectivity index (χ0v) is 10.5. The Balaban J connectivity index is 2.35. The van der Waals surface area contributed by atoms with Gasteiger partial charge in [-0.05, 0) is 28.8 Å². The highest BCUT2D eigenvalue weighted by Crippen LogP contribution is 2.40. The van der Waals surface area contributed by atoms with Crippen LogP contribution in [-0.4, -0.2) is 20.8 Å². The van der Waals surface area contributed by atoms with Crippen molar-refractivity contribution in [3.63, 3.8) is 0 Å². The van der Waals surface area contributed by atoms with E-state index in [0.29, 0.717) is 10.3 Å². The highest BCUT2D eigenvalue weighted by atomic mass is 79.9. The first kappa shape index (κ1) is 10.8. The number of ketones is 1. The van der Waals surface area contributed by atoms with E-state index in [-0.39, 0.29) is 11.2 Å². The van der Waals surface area contributed by atoms with E-state index in [4.69, 9.17) is 0 Å². The quantitative estimate of drug-likeness (QED) is 0.776. The molecule has 0 N–H and O–H groups in total. The van der Waals surface area contributed by atoms with Gasteiger partial charge in [0.1, 0.15) is 5.69 Å². The molecule has 0 aliphatic heterocycles. The Morgan fingerprint density at radius 1 is 1.47 bits per heavy atom. The summed E-state index contributed by atoms with van der Waals surface area (Å²) in [4.78, 5) is 12.3. The van der Waals surface area contributed by atoms with E-state index in [2.05, 4.69) is 26.2 Å². The van der Waals surface area contributed by atoms with Gasteiger partial charge in [-0.25, -0.2) is 4.68 Å². The first-order valence-electron chi connectivity index (χ1n) is 5.14. The van der Waals surface area contributed by atoms with Crippen molar-refractivity contribution in [2.45, 2.75) is 32.6 Å². The number of halogens is 1. The summed E-state index contributed by atoms with van der Waals surface area (Å²) in [6.45, 7) is 2.04. The lowest BCUT2D eigenvalue weighted by Gasteiger charge is -2.21. The summed E-state index contributed by atoms with van der Waals surface area (Å²) >= 11 is 3.27. The van der Waals surface area contributed by atoms with E-state index < -0.39 is 0 Å². The molecule has 0 bridgehead atoms. The zero-order chi connectivity index (χ0) is 11.1. The standard InChI is InChI=1S/C10H14BrN3O/c1-10(5-3-4-6-10)8(15)7-9(11)12-13-14(7)2/h3-6H2,1-2H3. The third-order valence-corrected chi connectivity index (χ3v) is 3.79. The molecular weight excluding hydrogens is 258 g/mol. The average molecular weight is 272 g/mol. The van der Waals surface area contributed by atoms with E-state index in [1.165, 1.54) is 0 Å². The molecule has 1 fully saturated rings. The van der Waals surface area contributed by atoms with Gasteiger partial charge in [0.25, 0.3) is 0 Å². The monoisotopic (exact) mass is 271 g/mol. The van der Waals surface area contributed by atoms with Crippen molar-refractivity contribution < 1.29 is 4.79 Å². The number of nitrogens with zero attached hydrogens (tertiary/aromatic N) is 3. The molecule has 0 atom stereocenters. The topological polar surface area (TPSA) is 47.8 Å². The van der Waals surface area contributed by atoms with E-state index in [1.807, 2.05) is 6.92 Å². The van der Waals surface area contributed by atoms with Crippen LogP contribution in [0.25, 0.3) is 0 Å². The number of aromatic nitrogens is 3. The minimum Gasteiger partial charge on any atom is -0.292 e. The molecular formula is C10H14BrN3O. The third-order valence-electron chi connectivity index (χ3n) is 3.26. The van der Waals surface area contributed by atoms with Crippen LogP contribution < -0.4 is 0 Å². The van der Waals surface area contributed by atoms with Gasteiger partial charge in [-0.1, -0.05) is 25.0 Å². The molecule has 0 saturated heterocycles. The Kier molecular flexibility index (Phi) is 2.66. The Labute approximate surface area is 97.2 Å². The number of carbonyl (C=O) groups is 1. The summed E-state index contributed by atoms with van der Waals surface area (Å²) in [5.41, 5.74) is 0.386. The SMILES string of the molecule is Cn1nnc(Br)c1C(=O)C1(C)CCCC1. The average Bonchev–Trinajstić information content (AvgIpc) is 2.75. The maximum Gasteiger partial charge on any atom is 0.189 e. The number of carbonyl (C=O) groups excluding carboxylic acids is 1. The Bertz CT molecular complexity index is 374. The molecule has 1 aliphatic carbocycles. The number of hydrogen-bond donors (Lipinski definition) is 0. The first-order valence-corrected chi connectivity index (χ1v) is 5.94. The third kappa shape index (κ3) is 1.73. The van der Waals surface area contributed by atoms with Crippen LogP contribution in [0.4, 0.5) is 0 Å². The number of hydrogen-bond acceptors (Lipinski definition) is 3. The summed E-state index contributed by atoms with van der Waals surface area (Å²) in [7, 11) is 1.75. The predicted octanol–water partition coefficient (Wildman–Crippen LogP) is 2.34. The summed E-state index contributed by atoms with van der Waals surface area (Å²) in [6, 6.07) is 0. The van der Waals surface area contributed by atoms with Gasteiger partial charge in [-0.3, -0.25) is 4.79 Å². The summed E-state index contributed by atoms with van der Waals surface area (Å²) in [5.74, 6) is 0.166. The Morgan fingerprint density at radius 3 is 2.53 bits per heavy atom. The summed E-state index contributed by atoms with van der Waals surface area (Å²) < 4.78 is 2.11. The molecule has 1 aromatic heterocycles. The van der Waals surface area contributed by atoms with Gasteiger partial charge in [0.05, 0.1) is 0 Å². The lowest BCUT2D eigenvalue weighted by Crippen LogP contribution is -2.26. The minimum atomic E-state index is -0.210. The van der Waals surface area contributed by atoms with Crippen molar-refractivity contribution in [3.8, 4) is 0 Å². The van der Waals surface area contributed by atoms with Crippen molar-refractivity contribution in [1.82, 2.24) is 15.0 Å². The van der Waals surface area contributed by atoms with Gasteiger partial charge in [-0.15, -0.1) is 5.10 Å². The molecule has 15 heavy (non-hydrogen) atoms. The molecule has 0 spiro atoms. The minimum absolute atomic E-state index is 0.166. The molecule has 0 amide bonds. The molecule has 1 heterocycles. The summed E-state index contributed by atoms with van der Waals surface area (Å²) in [6.07, 6.45) is 4.24. The molecule has 1 aliphatic rings. The molecule has 82 valence electrons. The second-order valence-electron chi connectivity index (χ2n) is 4.45. The maximum absolute atomic E-state index is 12.3. The lowest BCUT2D eigenvalue weighted by atomic mass is 9.83. The van der Waals surface area contributed by atoms with E-state index in [1.54, 1.807) is 11.7 Å². The van der Waals surface area contributed by atoms with Gasteiger partial charge in [0, 0.05) is 12.5 Å². The number of rotatable bonds is 2. The molecule has 1 saturated carbocycles. The van der Waals surface area contributed by atoms with Gasteiger partial charge in [0.2, 0.25) is 0 Å². The van der Waals surface area contributed by atoms with Gasteiger partial charge >= 0.3 is 0 Å². The molecule has 2 rings (SSSR count). The van der Waals surface area contributed by atoms with Crippen molar-refractivity contribution in [3.05, 3.63) is 10.3 Å². The highest BCUT2D eigenvalue weighted by Gasteiger charge is 2.39. The predicted molar refractivity (Wildman–Crippen MR) is 59.6 cm³/mol. The van der Waals surface area contributed by atoms with Crippen LogP contribution in [0.3, 0.4) is 0 Å². The van der Waals surface area contributed by atoms with E-state index in [9.17, 15) is 4.79 Å². The molecule has 0 unspecified atom stereocenters. The fraction of sp³-hybridized carbons (Fsp3) is 0.700. The van der Waals surface area contributed by atoms with Crippen LogP contribution in [0, 0.1) is 5.41 Å². The van der Waals surface area contributed by atoms with Crippen LogP contribution >= 0.6 is 15.9 Å². The molecule has 1 aromatic rings. The second-order valence-corrected chi connectivity index (χ2v) is 5.20. The van der Waals surface area contributed by atoms with Gasteiger partial charge in [0.15, 0.2) is 10.4 Å².